The van der Waals surface area contributed by atoms with Crippen LogP contribution < -0.4 is 5.56 Å². The van der Waals surface area contributed by atoms with E-state index in [-0.39, 0.29) is 5.56 Å². The van der Waals surface area contributed by atoms with Crippen LogP contribution >= 0.6 is 0 Å². The van der Waals surface area contributed by atoms with Gasteiger partial charge in [0.25, 0.3) is 5.56 Å². The normalized spacial score (nSPS) is 10.9. The highest BCUT2D eigenvalue weighted by Gasteiger charge is 1.98. The molecular formula is C14H14N2O. The van der Waals surface area contributed by atoms with E-state index < -0.39 is 0 Å². The van der Waals surface area contributed by atoms with Crippen molar-refractivity contribution in [3.8, 4) is 0 Å². The molecule has 1 heterocycles. The van der Waals surface area contributed by atoms with Gasteiger partial charge in [0.1, 0.15) is 0 Å². The van der Waals surface area contributed by atoms with Crippen LogP contribution in [-0.2, 0) is 0 Å². The molecule has 0 saturated heterocycles. The Labute approximate surface area is 100 Å². The van der Waals surface area contributed by atoms with Gasteiger partial charge in [0.2, 0.25) is 0 Å². The van der Waals surface area contributed by atoms with Crippen molar-refractivity contribution in [2.45, 2.75) is 13.8 Å². The van der Waals surface area contributed by atoms with Crippen LogP contribution in [-0.4, -0.2) is 10.9 Å². The third-order valence-electron chi connectivity index (χ3n) is 2.45. The Morgan fingerprint density at radius 1 is 1.12 bits per heavy atom. The molecule has 0 fully saturated rings. The molecule has 3 nitrogen and oxygen atoms in total. The molecule has 0 aliphatic heterocycles. The van der Waals surface area contributed by atoms with Crippen molar-refractivity contribution in [3.63, 3.8) is 0 Å². The number of hydrogen-bond acceptors (Lipinski definition) is 2. The Kier molecular flexibility index (Phi) is 3.19. The number of pyridine rings is 1. The van der Waals surface area contributed by atoms with Crippen molar-refractivity contribution in [2.24, 2.45) is 5.10 Å². The van der Waals surface area contributed by atoms with Crippen molar-refractivity contribution >= 4 is 6.21 Å². The summed E-state index contributed by atoms with van der Waals surface area (Å²) >= 11 is 0. The summed E-state index contributed by atoms with van der Waals surface area (Å²) in [7, 11) is 0. The fourth-order valence-electron chi connectivity index (χ4n) is 1.67. The molecule has 0 atom stereocenters. The lowest BCUT2D eigenvalue weighted by atomic mass is 10.2. The quantitative estimate of drug-likeness (QED) is 0.724. The molecule has 1 aromatic carbocycles. The molecular weight excluding hydrogens is 212 g/mol. The fraction of sp³-hybridized carbons (Fsp3) is 0.143. The maximum atomic E-state index is 11.7. The zero-order valence-electron chi connectivity index (χ0n) is 9.92. The second-order valence-corrected chi connectivity index (χ2v) is 3.98. The van der Waals surface area contributed by atoms with Gasteiger partial charge in [-0.3, -0.25) is 4.79 Å². The molecule has 0 aliphatic carbocycles. The molecule has 0 saturated carbocycles. The van der Waals surface area contributed by atoms with Crippen molar-refractivity contribution in [1.29, 1.82) is 0 Å². The van der Waals surface area contributed by atoms with Gasteiger partial charge in [-0.1, -0.05) is 30.3 Å². The lowest BCUT2D eigenvalue weighted by molar-refractivity contribution is 0.791. The van der Waals surface area contributed by atoms with Gasteiger partial charge in [-0.25, -0.2) is 4.68 Å². The Bertz CT molecular complexity index is 597. The van der Waals surface area contributed by atoms with E-state index in [1.165, 1.54) is 4.68 Å². The van der Waals surface area contributed by atoms with Crippen LogP contribution in [0.4, 0.5) is 0 Å². The number of hydrogen-bond donors (Lipinski definition) is 0. The van der Waals surface area contributed by atoms with Gasteiger partial charge < -0.3 is 0 Å². The zero-order valence-corrected chi connectivity index (χ0v) is 9.92. The zero-order chi connectivity index (χ0) is 12.3. The number of benzene rings is 1. The number of aromatic nitrogens is 1. The Hall–Kier alpha value is -2.16. The van der Waals surface area contributed by atoms with Crippen molar-refractivity contribution in [2.75, 3.05) is 0 Å². The van der Waals surface area contributed by atoms with Gasteiger partial charge in [0.05, 0.1) is 6.21 Å². The first-order valence-electron chi connectivity index (χ1n) is 5.46. The predicted molar refractivity (Wildman–Crippen MR) is 69.6 cm³/mol. The predicted octanol–water partition coefficient (Wildman–Crippen LogP) is 2.35. The van der Waals surface area contributed by atoms with Gasteiger partial charge in [0.15, 0.2) is 0 Å². The maximum Gasteiger partial charge on any atom is 0.271 e. The lowest BCUT2D eigenvalue weighted by Crippen LogP contribution is -2.18. The van der Waals surface area contributed by atoms with E-state index in [9.17, 15) is 4.79 Å². The van der Waals surface area contributed by atoms with E-state index in [1.807, 2.05) is 50.2 Å². The molecule has 0 bridgehead atoms. The summed E-state index contributed by atoms with van der Waals surface area (Å²) in [6.45, 7) is 3.77. The summed E-state index contributed by atoms with van der Waals surface area (Å²) in [6, 6.07) is 13.2. The van der Waals surface area contributed by atoms with Crippen LogP contribution in [0, 0.1) is 13.8 Å². The van der Waals surface area contributed by atoms with Gasteiger partial charge in [-0.2, -0.15) is 5.10 Å². The molecule has 2 rings (SSSR count). The topological polar surface area (TPSA) is 34.4 Å². The smallest absolute Gasteiger partial charge is 0.267 e. The highest BCUT2D eigenvalue weighted by Crippen LogP contribution is 2.00. The molecule has 0 amide bonds. The third kappa shape index (κ3) is 2.69. The average Bonchev–Trinajstić information content (AvgIpc) is 2.29. The van der Waals surface area contributed by atoms with E-state index in [0.717, 1.165) is 16.8 Å². The monoisotopic (exact) mass is 226 g/mol. The largest absolute Gasteiger partial charge is 0.271 e. The summed E-state index contributed by atoms with van der Waals surface area (Å²) in [5.74, 6) is 0. The minimum absolute atomic E-state index is 0.102. The number of nitrogens with zero attached hydrogens (tertiary/aromatic N) is 2. The van der Waals surface area contributed by atoms with E-state index in [2.05, 4.69) is 5.10 Å². The molecule has 0 aliphatic rings. The van der Waals surface area contributed by atoms with Gasteiger partial charge in [-0.05, 0) is 31.0 Å². The number of rotatable bonds is 2. The molecule has 2 aromatic rings. The summed E-state index contributed by atoms with van der Waals surface area (Å²) in [6.07, 6.45) is 1.68. The Balaban J connectivity index is 2.37. The summed E-state index contributed by atoms with van der Waals surface area (Å²) in [4.78, 5) is 11.7. The minimum atomic E-state index is -0.102. The second-order valence-electron chi connectivity index (χ2n) is 3.98. The van der Waals surface area contributed by atoms with Crippen LogP contribution in [0.25, 0.3) is 0 Å². The van der Waals surface area contributed by atoms with Crippen LogP contribution in [0.1, 0.15) is 16.8 Å². The van der Waals surface area contributed by atoms with Crippen LogP contribution in [0.3, 0.4) is 0 Å². The van der Waals surface area contributed by atoms with Crippen LogP contribution in [0.2, 0.25) is 0 Å². The first-order chi connectivity index (χ1) is 8.16. The van der Waals surface area contributed by atoms with Gasteiger partial charge >= 0.3 is 0 Å². The Morgan fingerprint density at radius 3 is 2.47 bits per heavy atom. The molecule has 0 N–H and O–H groups in total. The summed E-state index contributed by atoms with van der Waals surface area (Å²) < 4.78 is 1.40. The van der Waals surface area contributed by atoms with Gasteiger partial charge in [0, 0.05) is 11.8 Å². The molecule has 0 spiro atoms. The van der Waals surface area contributed by atoms with Crippen LogP contribution in [0.15, 0.2) is 52.4 Å². The van der Waals surface area contributed by atoms with Crippen LogP contribution in [0.5, 0.6) is 0 Å². The minimum Gasteiger partial charge on any atom is -0.267 e. The standard InChI is InChI=1S/C14H14N2O/c1-11-8-12(2)16(14(17)9-11)15-10-13-6-4-3-5-7-13/h3-10H,1-2H3. The average molecular weight is 226 g/mol. The van der Waals surface area contributed by atoms with Gasteiger partial charge in [-0.15, -0.1) is 0 Å². The molecule has 0 unspecified atom stereocenters. The SMILES string of the molecule is Cc1cc(C)n(N=Cc2ccccc2)c(=O)c1. The summed E-state index contributed by atoms with van der Waals surface area (Å²) in [5, 5.41) is 4.20. The second kappa shape index (κ2) is 4.78. The van der Waals surface area contributed by atoms with Crippen molar-refractivity contribution < 1.29 is 0 Å². The first-order valence-corrected chi connectivity index (χ1v) is 5.46. The highest BCUT2D eigenvalue weighted by atomic mass is 16.1. The first kappa shape index (κ1) is 11.3. The lowest BCUT2D eigenvalue weighted by Gasteiger charge is -2.03. The van der Waals surface area contributed by atoms with E-state index in [1.54, 1.807) is 12.3 Å². The molecule has 17 heavy (non-hydrogen) atoms. The molecule has 86 valence electrons. The van der Waals surface area contributed by atoms with E-state index in [0.29, 0.717) is 0 Å². The molecule has 3 heteroatoms. The molecule has 1 aromatic heterocycles. The maximum absolute atomic E-state index is 11.7. The van der Waals surface area contributed by atoms with Crippen molar-refractivity contribution in [3.05, 3.63) is 69.6 Å². The fourth-order valence-corrected chi connectivity index (χ4v) is 1.67. The molecule has 0 radical (unpaired) electrons. The third-order valence-corrected chi connectivity index (χ3v) is 2.45. The summed E-state index contributed by atoms with van der Waals surface area (Å²) in [5.41, 5.74) is 2.66. The van der Waals surface area contributed by atoms with Crippen molar-refractivity contribution in [1.82, 2.24) is 4.68 Å². The highest BCUT2D eigenvalue weighted by molar-refractivity contribution is 5.79. The number of aryl methyl sites for hydroxylation is 2. The van der Waals surface area contributed by atoms with E-state index in [4.69, 9.17) is 0 Å². The van der Waals surface area contributed by atoms with E-state index >= 15 is 0 Å². The Morgan fingerprint density at radius 2 is 1.82 bits per heavy atom.